The zero-order valence-corrected chi connectivity index (χ0v) is 42.0. The van der Waals surface area contributed by atoms with Crippen molar-refractivity contribution in [3.05, 3.63) is 141 Å². The zero-order valence-electron chi connectivity index (χ0n) is 42.0. The van der Waals surface area contributed by atoms with Crippen LogP contribution in [-0.2, 0) is 40.6 Å². The molecule has 392 valence electrons. The molecule has 5 aliphatic rings. The molecule has 4 amide bonds. The number of aromatic nitrogens is 5. The molecule has 11 rings (SSSR count). The largest absolute Gasteiger partial charge is 0.418 e. The molecule has 0 radical (unpaired) electrons. The van der Waals surface area contributed by atoms with Gasteiger partial charge in [0.2, 0.25) is 11.8 Å². The number of nitrogens with one attached hydrogen (secondary N) is 1. The SMILES string of the molecule is CN(CCO[C@@H]1CCCN(Cc2cc(C(F)(F)F)c3cn(-c4cccc([C@H](c5nncn5C)C5CCC5)c4)c(=O)n3c2)C1)C(=O)c1ccc(N2CCN(c3ccc4c(c3)CN([C@H]3CCC(=O)NC3=O)C4=O)CC2)cc1. The number of piperazine rings is 1. The Bertz CT molecular complexity index is 3210. The molecule has 1 N–H and O–H groups in total. The van der Waals surface area contributed by atoms with E-state index < -0.39 is 29.4 Å². The first-order chi connectivity index (χ1) is 36.2. The Morgan fingerprint density at radius 3 is 2.33 bits per heavy atom. The quantitative estimate of drug-likeness (QED) is 0.127. The summed E-state index contributed by atoms with van der Waals surface area (Å²) in [6.07, 6.45) is 4.84. The fourth-order valence-corrected chi connectivity index (χ4v) is 11.6. The highest BCUT2D eigenvalue weighted by Gasteiger charge is 2.40. The summed E-state index contributed by atoms with van der Waals surface area (Å²) in [5.41, 5.74) is 4.12. The third kappa shape index (κ3) is 10.0. The molecule has 3 saturated heterocycles. The Labute approximate surface area is 431 Å². The topological polar surface area (TPSA) is 163 Å². The predicted molar refractivity (Wildman–Crippen MR) is 273 cm³/mol. The number of halogens is 3. The summed E-state index contributed by atoms with van der Waals surface area (Å²) in [6, 6.07) is 21.3. The van der Waals surface area contributed by atoms with Gasteiger partial charge in [-0.2, -0.15) is 13.2 Å². The van der Waals surface area contributed by atoms with Gasteiger partial charge in [-0.05, 0) is 122 Å². The third-order valence-corrected chi connectivity index (χ3v) is 15.9. The lowest BCUT2D eigenvalue weighted by molar-refractivity contribution is -0.137. The number of likely N-dealkylation sites (tertiary alicyclic amines) is 1. The minimum absolute atomic E-state index is 0.0601. The van der Waals surface area contributed by atoms with Crippen LogP contribution < -0.4 is 20.8 Å². The number of amides is 4. The lowest BCUT2D eigenvalue weighted by atomic mass is 9.72. The highest BCUT2D eigenvalue weighted by molar-refractivity contribution is 6.05. The number of pyridine rings is 1. The summed E-state index contributed by atoms with van der Waals surface area (Å²) < 4.78 is 54.9. The van der Waals surface area contributed by atoms with Gasteiger partial charge in [0, 0.05) is 114 Å². The number of carbonyl (C=O) groups excluding carboxylic acids is 4. The van der Waals surface area contributed by atoms with Crippen molar-refractivity contribution < 1.29 is 37.1 Å². The second kappa shape index (κ2) is 20.4. The van der Waals surface area contributed by atoms with Gasteiger partial charge in [-0.1, -0.05) is 18.6 Å². The van der Waals surface area contributed by atoms with E-state index in [1.165, 1.54) is 17.0 Å². The van der Waals surface area contributed by atoms with Crippen molar-refractivity contribution in [3.63, 3.8) is 0 Å². The van der Waals surface area contributed by atoms with Gasteiger partial charge < -0.3 is 28.9 Å². The second-order valence-electron chi connectivity index (χ2n) is 20.7. The standard InChI is InChI=1S/C55H60F3N11O6/c1-62(52(72)37-11-13-40(14-12-37)65-20-22-66(23-21-65)41-15-16-44-39(28-41)31-68(53(44)73)46-17-18-48(70)60-51(46)71)24-25-75-43-10-5-19-64(32-43)29-35-26-45(55(56,57)58)47-33-67(54(74)69(47)30-35)42-9-4-8-38(27-42)49(36-6-3-7-36)50-61-59-34-63(50)2/h4,8-9,11-16,26-28,30,33-34,36,43,46,49H,3,5-7,10,17-25,29,31-32H2,1-2H3,(H,60,70,71)/t43-,46+,49-/m1/s1. The molecule has 75 heavy (non-hydrogen) atoms. The van der Waals surface area contributed by atoms with E-state index in [1.807, 2.05) is 72.3 Å². The van der Waals surface area contributed by atoms with Crippen LogP contribution in [0.25, 0.3) is 11.2 Å². The number of likely N-dealkylation sites (N-methyl/N-ethyl adjacent to an activating group) is 1. The minimum atomic E-state index is -4.71. The van der Waals surface area contributed by atoms with Crippen molar-refractivity contribution in [2.45, 2.75) is 82.3 Å². The van der Waals surface area contributed by atoms with E-state index >= 15 is 0 Å². The predicted octanol–water partition coefficient (Wildman–Crippen LogP) is 6.01. The van der Waals surface area contributed by atoms with Gasteiger partial charge in [0.1, 0.15) is 18.2 Å². The Morgan fingerprint density at radius 2 is 1.63 bits per heavy atom. The zero-order chi connectivity index (χ0) is 52.1. The van der Waals surface area contributed by atoms with Crippen LogP contribution in [0.2, 0.25) is 0 Å². The van der Waals surface area contributed by atoms with Gasteiger partial charge >= 0.3 is 11.9 Å². The number of aryl methyl sites for hydroxylation is 1. The monoisotopic (exact) mass is 1030 g/mol. The molecule has 4 fully saturated rings. The number of carbonyl (C=O) groups is 4. The smallest absolute Gasteiger partial charge is 0.375 e. The molecule has 1 saturated carbocycles. The number of alkyl halides is 3. The summed E-state index contributed by atoms with van der Waals surface area (Å²) in [5, 5.41) is 10.8. The Kier molecular flexibility index (Phi) is 13.6. The van der Waals surface area contributed by atoms with Crippen LogP contribution in [0.1, 0.15) is 99.7 Å². The molecule has 7 heterocycles. The van der Waals surface area contributed by atoms with Crippen LogP contribution in [0.3, 0.4) is 0 Å². The number of nitrogens with zero attached hydrogens (tertiary/aromatic N) is 10. The summed E-state index contributed by atoms with van der Waals surface area (Å²) in [5.74, 6) is 0.0313. The normalized spacial score (nSPS) is 20.1. The van der Waals surface area contributed by atoms with Crippen LogP contribution in [0.5, 0.6) is 0 Å². The van der Waals surface area contributed by atoms with E-state index in [-0.39, 0.29) is 54.8 Å². The van der Waals surface area contributed by atoms with E-state index in [4.69, 9.17) is 4.74 Å². The van der Waals surface area contributed by atoms with E-state index in [1.54, 1.807) is 29.2 Å². The van der Waals surface area contributed by atoms with Gasteiger partial charge in [-0.15, -0.1) is 10.2 Å². The molecular formula is C55H60F3N11O6. The summed E-state index contributed by atoms with van der Waals surface area (Å²) in [7, 11) is 3.63. The number of rotatable bonds is 14. The Hall–Kier alpha value is -7.32. The van der Waals surface area contributed by atoms with Crippen LogP contribution in [0, 0.1) is 5.92 Å². The highest BCUT2D eigenvalue weighted by atomic mass is 19.4. The van der Waals surface area contributed by atoms with Crippen LogP contribution in [-0.4, -0.2) is 134 Å². The van der Waals surface area contributed by atoms with Crippen LogP contribution in [0.15, 0.2) is 96.3 Å². The number of hydrogen-bond acceptors (Lipinski definition) is 11. The lowest BCUT2D eigenvalue weighted by Gasteiger charge is -2.37. The van der Waals surface area contributed by atoms with Crippen molar-refractivity contribution in [1.29, 1.82) is 0 Å². The van der Waals surface area contributed by atoms with E-state index in [2.05, 4.69) is 30.2 Å². The maximum absolute atomic E-state index is 14.8. The average Bonchev–Trinajstić information content (AvgIpc) is 4.07. The van der Waals surface area contributed by atoms with Gasteiger partial charge in [0.05, 0.1) is 29.5 Å². The molecule has 0 unspecified atom stereocenters. The van der Waals surface area contributed by atoms with Crippen molar-refractivity contribution >= 4 is 40.5 Å². The fraction of sp³-hybridized carbons (Fsp3) is 0.436. The molecule has 0 bridgehead atoms. The minimum Gasteiger partial charge on any atom is -0.375 e. The molecule has 3 aromatic heterocycles. The molecule has 17 nitrogen and oxygen atoms in total. The number of fused-ring (bicyclic) bond motifs is 2. The molecule has 3 aromatic carbocycles. The number of imidazole rings is 1. The number of hydrogen-bond donors (Lipinski definition) is 1. The number of anilines is 2. The molecule has 20 heteroatoms. The molecule has 3 atom stereocenters. The number of ether oxygens (including phenoxy) is 1. The Morgan fingerprint density at radius 1 is 0.867 bits per heavy atom. The number of piperidine rings is 2. The Balaban J connectivity index is 0.672. The maximum Gasteiger partial charge on any atom is 0.418 e. The molecule has 1 aliphatic carbocycles. The number of benzene rings is 3. The molecule has 0 spiro atoms. The molecule has 4 aliphatic heterocycles. The van der Waals surface area contributed by atoms with E-state index in [0.717, 1.165) is 97.1 Å². The van der Waals surface area contributed by atoms with Crippen LogP contribution >= 0.6 is 0 Å². The fourth-order valence-electron chi connectivity index (χ4n) is 11.6. The van der Waals surface area contributed by atoms with Crippen LogP contribution in [0.4, 0.5) is 24.5 Å². The second-order valence-corrected chi connectivity index (χ2v) is 20.7. The maximum atomic E-state index is 14.8. The van der Waals surface area contributed by atoms with Crippen molar-refractivity contribution in [3.8, 4) is 5.69 Å². The van der Waals surface area contributed by atoms with Crippen molar-refractivity contribution in [2.75, 3.05) is 69.3 Å². The third-order valence-electron chi connectivity index (χ3n) is 15.9. The molecular weight excluding hydrogens is 968 g/mol. The first-order valence-corrected chi connectivity index (χ1v) is 25.9. The first-order valence-electron chi connectivity index (χ1n) is 25.9. The van der Waals surface area contributed by atoms with Gasteiger partial charge in [0.15, 0.2) is 0 Å². The molecule has 6 aromatic rings. The average molecular weight is 1030 g/mol. The number of imide groups is 1. The van der Waals surface area contributed by atoms with E-state index in [9.17, 15) is 37.1 Å². The van der Waals surface area contributed by atoms with E-state index in [0.29, 0.717) is 60.9 Å². The van der Waals surface area contributed by atoms with Crippen molar-refractivity contribution in [2.24, 2.45) is 13.0 Å². The van der Waals surface area contributed by atoms with Crippen molar-refractivity contribution in [1.82, 2.24) is 43.7 Å². The van der Waals surface area contributed by atoms with Gasteiger partial charge in [-0.25, -0.2) is 4.79 Å². The summed E-state index contributed by atoms with van der Waals surface area (Å²) in [6.45, 7) is 5.31. The van der Waals surface area contributed by atoms with Gasteiger partial charge in [0.25, 0.3) is 11.8 Å². The first kappa shape index (κ1) is 49.9. The highest BCUT2D eigenvalue weighted by Crippen LogP contribution is 2.43. The van der Waals surface area contributed by atoms with Gasteiger partial charge in [-0.3, -0.25) is 38.4 Å². The summed E-state index contributed by atoms with van der Waals surface area (Å²) >= 11 is 0. The summed E-state index contributed by atoms with van der Waals surface area (Å²) in [4.78, 5) is 74.7. The lowest BCUT2D eigenvalue weighted by Crippen LogP contribution is -2.52.